The molecule has 0 aromatic heterocycles. The lowest BCUT2D eigenvalue weighted by Crippen LogP contribution is -2.44. The molecule has 0 radical (unpaired) electrons. The van der Waals surface area contributed by atoms with Crippen molar-refractivity contribution in [3.8, 4) is 5.75 Å². The van der Waals surface area contributed by atoms with Crippen molar-refractivity contribution in [3.05, 3.63) is 96.1 Å². The van der Waals surface area contributed by atoms with Crippen LogP contribution in [0.2, 0.25) is 0 Å². The van der Waals surface area contributed by atoms with Crippen molar-refractivity contribution in [2.24, 2.45) is 5.10 Å². The normalized spacial score (nSPS) is 15.4. The molecule has 1 heterocycles. The Labute approximate surface area is 173 Å². The third kappa shape index (κ3) is 4.00. The predicted octanol–water partition coefficient (Wildman–Crippen LogP) is 3.16. The van der Waals surface area contributed by atoms with Crippen LogP contribution >= 0.6 is 0 Å². The lowest BCUT2D eigenvalue weighted by Gasteiger charge is -2.23. The number of hydrogen-bond acceptors (Lipinski definition) is 5. The fourth-order valence-electron chi connectivity index (χ4n) is 3.32. The summed E-state index contributed by atoms with van der Waals surface area (Å²) < 4.78 is 0. The van der Waals surface area contributed by atoms with Crippen molar-refractivity contribution < 1.29 is 14.7 Å². The molecular formula is C23H20N4O3. The van der Waals surface area contributed by atoms with E-state index >= 15 is 0 Å². The molecule has 4 rings (SSSR count). The Morgan fingerprint density at radius 2 is 1.43 bits per heavy atom. The van der Waals surface area contributed by atoms with E-state index in [9.17, 15) is 14.7 Å². The number of nitrogens with zero attached hydrogens (tertiary/aromatic N) is 2. The van der Waals surface area contributed by atoms with Gasteiger partial charge in [0.1, 0.15) is 11.5 Å². The lowest BCUT2D eigenvalue weighted by atomic mass is 10.0. The van der Waals surface area contributed by atoms with Gasteiger partial charge in [-0.25, -0.2) is 0 Å². The fraction of sp³-hybridized carbons (Fsp3) is 0.0870. The molecule has 0 aliphatic carbocycles. The molecule has 0 spiro atoms. The summed E-state index contributed by atoms with van der Waals surface area (Å²) in [5, 5.41) is 16.1. The van der Waals surface area contributed by atoms with Crippen LogP contribution in [-0.2, 0) is 4.79 Å². The number of hydrazine groups is 1. The Hall–Kier alpha value is -4.13. The first kappa shape index (κ1) is 19.2. The number of phenolic OH excluding ortho intramolecular Hbond substituents is 1. The van der Waals surface area contributed by atoms with Gasteiger partial charge in [0.2, 0.25) is 0 Å². The first-order chi connectivity index (χ1) is 14.6. The zero-order valence-corrected chi connectivity index (χ0v) is 16.0. The standard InChI is InChI=1S/C23H20N4O3/c28-21-14-8-7-13-18(21)22(29)24-25-23(30)19-15-20(16-9-3-1-4-10-16)27(26-19)17-11-5-2-6-12-17/h1-14,20,28H,15H2,(H,24,29)(H,25,30)/t20-/m0/s1. The number of nitrogens with one attached hydrogen (secondary N) is 2. The van der Waals surface area contributed by atoms with Crippen molar-refractivity contribution in [2.45, 2.75) is 12.5 Å². The van der Waals surface area contributed by atoms with E-state index in [-0.39, 0.29) is 17.4 Å². The summed E-state index contributed by atoms with van der Waals surface area (Å²) in [6.07, 6.45) is 0.386. The molecule has 1 atom stereocenters. The molecule has 3 aromatic carbocycles. The zero-order valence-electron chi connectivity index (χ0n) is 16.0. The third-order valence-corrected chi connectivity index (χ3v) is 4.82. The molecule has 0 bridgehead atoms. The van der Waals surface area contributed by atoms with Crippen LogP contribution in [0.3, 0.4) is 0 Å². The van der Waals surface area contributed by atoms with Crippen LogP contribution in [0.15, 0.2) is 90.0 Å². The second-order valence-corrected chi connectivity index (χ2v) is 6.78. The minimum absolute atomic E-state index is 0.0687. The number of para-hydroxylation sites is 2. The smallest absolute Gasteiger partial charge is 0.285 e. The van der Waals surface area contributed by atoms with Crippen LogP contribution in [0.1, 0.15) is 28.4 Å². The van der Waals surface area contributed by atoms with Crippen LogP contribution in [0.25, 0.3) is 0 Å². The largest absolute Gasteiger partial charge is 0.507 e. The van der Waals surface area contributed by atoms with E-state index in [1.807, 2.05) is 65.7 Å². The molecule has 0 fully saturated rings. The zero-order chi connectivity index (χ0) is 20.9. The van der Waals surface area contributed by atoms with Crippen LogP contribution in [0, 0.1) is 0 Å². The first-order valence-electron chi connectivity index (χ1n) is 9.49. The van der Waals surface area contributed by atoms with Gasteiger partial charge in [-0.15, -0.1) is 0 Å². The second-order valence-electron chi connectivity index (χ2n) is 6.78. The van der Waals surface area contributed by atoms with Gasteiger partial charge in [-0.05, 0) is 29.8 Å². The highest BCUT2D eigenvalue weighted by atomic mass is 16.3. The van der Waals surface area contributed by atoms with E-state index in [4.69, 9.17) is 0 Å². The van der Waals surface area contributed by atoms with Crippen molar-refractivity contribution in [1.82, 2.24) is 10.9 Å². The Bertz CT molecular complexity index is 1080. The van der Waals surface area contributed by atoms with Crippen molar-refractivity contribution >= 4 is 23.2 Å². The molecule has 7 nitrogen and oxygen atoms in total. The maximum atomic E-state index is 12.7. The SMILES string of the molecule is O=C(NNC(=O)c1ccccc1O)C1=NN(c2ccccc2)[C@H](c2ccccc2)C1. The van der Waals surface area contributed by atoms with Gasteiger partial charge in [-0.1, -0.05) is 60.7 Å². The molecule has 150 valence electrons. The second kappa shape index (κ2) is 8.48. The van der Waals surface area contributed by atoms with Crippen LogP contribution in [0.4, 0.5) is 5.69 Å². The van der Waals surface area contributed by atoms with Gasteiger partial charge in [0.15, 0.2) is 0 Å². The molecule has 1 aliphatic heterocycles. The average Bonchev–Trinajstić information content (AvgIpc) is 3.24. The third-order valence-electron chi connectivity index (χ3n) is 4.82. The summed E-state index contributed by atoms with van der Waals surface area (Å²) in [6, 6.07) is 25.4. The Morgan fingerprint density at radius 1 is 0.833 bits per heavy atom. The van der Waals surface area contributed by atoms with Crippen LogP contribution in [0.5, 0.6) is 5.75 Å². The Balaban J connectivity index is 1.51. The summed E-state index contributed by atoms with van der Waals surface area (Å²) in [4.78, 5) is 24.9. The van der Waals surface area contributed by atoms with Gasteiger partial charge in [-0.3, -0.25) is 25.4 Å². The predicted molar refractivity (Wildman–Crippen MR) is 114 cm³/mol. The number of phenols is 1. The van der Waals surface area contributed by atoms with E-state index in [0.717, 1.165) is 11.3 Å². The highest BCUT2D eigenvalue weighted by molar-refractivity contribution is 6.39. The average molecular weight is 400 g/mol. The number of hydrazone groups is 1. The molecule has 0 saturated heterocycles. The molecule has 0 saturated carbocycles. The number of hydrogen-bond donors (Lipinski definition) is 3. The molecule has 2 amide bonds. The topological polar surface area (TPSA) is 94.0 Å². The number of carbonyl (C=O) groups excluding carboxylic acids is 2. The van der Waals surface area contributed by atoms with Gasteiger partial charge in [0.05, 0.1) is 17.3 Å². The Kier molecular flexibility index (Phi) is 5.43. The van der Waals surface area contributed by atoms with Crippen molar-refractivity contribution in [2.75, 3.05) is 5.01 Å². The maximum Gasteiger partial charge on any atom is 0.285 e. The number of carbonyl (C=O) groups is 2. The summed E-state index contributed by atoms with van der Waals surface area (Å²) in [7, 11) is 0. The minimum atomic E-state index is -0.612. The fourth-order valence-corrected chi connectivity index (χ4v) is 3.32. The number of anilines is 1. The van der Waals surface area contributed by atoms with E-state index in [2.05, 4.69) is 16.0 Å². The molecule has 3 N–H and O–H groups in total. The summed E-state index contributed by atoms with van der Waals surface area (Å²) in [5.41, 5.74) is 6.98. The van der Waals surface area contributed by atoms with Gasteiger partial charge >= 0.3 is 0 Å². The van der Waals surface area contributed by atoms with E-state index in [1.165, 1.54) is 12.1 Å². The Morgan fingerprint density at radius 3 is 2.13 bits per heavy atom. The van der Waals surface area contributed by atoms with E-state index < -0.39 is 11.8 Å². The number of rotatable bonds is 4. The van der Waals surface area contributed by atoms with Gasteiger partial charge in [0, 0.05) is 6.42 Å². The highest BCUT2D eigenvalue weighted by Gasteiger charge is 2.32. The van der Waals surface area contributed by atoms with Crippen molar-refractivity contribution in [1.29, 1.82) is 0 Å². The van der Waals surface area contributed by atoms with Crippen molar-refractivity contribution in [3.63, 3.8) is 0 Å². The molecule has 1 aliphatic rings. The summed E-state index contributed by atoms with van der Waals surface area (Å²) >= 11 is 0. The van der Waals surface area contributed by atoms with Crippen LogP contribution < -0.4 is 15.9 Å². The molecule has 7 heteroatoms. The molecular weight excluding hydrogens is 380 g/mol. The monoisotopic (exact) mass is 400 g/mol. The number of aromatic hydroxyl groups is 1. The van der Waals surface area contributed by atoms with Crippen LogP contribution in [-0.4, -0.2) is 22.6 Å². The summed E-state index contributed by atoms with van der Waals surface area (Å²) in [6.45, 7) is 0. The van der Waals surface area contributed by atoms with Gasteiger partial charge in [0.25, 0.3) is 11.8 Å². The molecule has 3 aromatic rings. The van der Waals surface area contributed by atoms with Gasteiger partial charge < -0.3 is 5.11 Å². The molecule has 30 heavy (non-hydrogen) atoms. The van der Waals surface area contributed by atoms with E-state index in [1.54, 1.807) is 12.1 Å². The quantitative estimate of drug-likeness (QED) is 0.587. The molecule has 0 unspecified atom stereocenters. The highest BCUT2D eigenvalue weighted by Crippen LogP contribution is 2.34. The number of benzene rings is 3. The number of amides is 2. The summed E-state index contributed by atoms with van der Waals surface area (Å²) in [5.74, 6) is -1.28. The lowest BCUT2D eigenvalue weighted by molar-refractivity contribution is -0.115. The van der Waals surface area contributed by atoms with E-state index in [0.29, 0.717) is 12.1 Å². The van der Waals surface area contributed by atoms with Gasteiger partial charge in [-0.2, -0.15) is 5.10 Å². The maximum absolute atomic E-state index is 12.7. The minimum Gasteiger partial charge on any atom is -0.507 e. The first-order valence-corrected chi connectivity index (χ1v) is 9.49.